The number of aldehydes is 1. The summed E-state index contributed by atoms with van der Waals surface area (Å²) in [6.07, 6.45) is 0.823. The van der Waals surface area contributed by atoms with Gasteiger partial charge in [-0.1, -0.05) is 30.3 Å². The van der Waals surface area contributed by atoms with Gasteiger partial charge in [0.15, 0.2) is 5.82 Å². The first-order chi connectivity index (χ1) is 11.4. The smallest absolute Gasteiger partial charge is 0.302 e. The normalized spacial score (nSPS) is 19.4. The molecule has 2 N–H and O–H groups in total. The van der Waals surface area contributed by atoms with Gasteiger partial charge in [-0.3, -0.25) is 0 Å². The summed E-state index contributed by atoms with van der Waals surface area (Å²) in [6, 6.07) is 10.8. The van der Waals surface area contributed by atoms with Gasteiger partial charge < -0.3 is 9.90 Å². The molecule has 0 aliphatic carbocycles. The lowest BCUT2D eigenvalue weighted by atomic mass is 10.0. The van der Waals surface area contributed by atoms with Crippen LogP contribution in [0.2, 0.25) is 0 Å². The van der Waals surface area contributed by atoms with Crippen LogP contribution in [0, 0.1) is 5.82 Å². The Balaban J connectivity index is 1.95. The van der Waals surface area contributed by atoms with Crippen LogP contribution in [0.5, 0.6) is 5.75 Å². The zero-order chi connectivity index (χ0) is 17.3. The highest BCUT2D eigenvalue weighted by atomic mass is 32.2. The summed E-state index contributed by atoms with van der Waals surface area (Å²) >= 11 is 0. The molecule has 1 heterocycles. The van der Waals surface area contributed by atoms with Crippen molar-refractivity contribution in [3.8, 4) is 5.75 Å². The van der Waals surface area contributed by atoms with Crippen LogP contribution in [-0.4, -0.2) is 32.4 Å². The van der Waals surface area contributed by atoms with Crippen molar-refractivity contribution in [1.29, 1.82) is 0 Å². The second-order valence-corrected chi connectivity index (χ2v) is 7.13. The van der Waals surface area contributed by atoms with Crippen molar-refractivity contribution in [3.63, 3.8) is 0 Å². The van der Waals surface area contributed by atoms with Gasteiger partial charge in [-0.25, -0.2) is 8.70 Å². The first-order valence-corrected chi connectivity index (χ1v) is 8.65. The Labute approximate surface area is 138 Å². The van der Waals surface area contributed by atoms with Crippen molar-refractivity contribution in [3.05, 3.63) is 59.4 Å². The molecule has 126 valence electrons. The number of carbonyl (C=O) groups excluding carboxylic acids is 1. The maximum Gasteiger partial charge on any atom is 0.302 e. The largest absolute Gasteiger partial charge is 0.506 e. The van der Waals surface area contributed by atoms with Gasteiger partial charge in [0.05, 0.1) is 12.6 Å². The van der Waals surface area contributed by atoms with Gasteiger partial charge >= 0.3 is 10.2 Å². The molecule has 6 nitrogen and oxygen atoms in total. The van der Waals surface area contributed by atoms with E-state index in [0.29, 0.717) is 22.6 Å². The lowest BCUT2D eigenvalue weighted by Crippen LogP contribution is -2.31. The van der Waals surface area contributed by atoms with E-state index in [1.54, 1.807) is 0 Å². The van der Waals surface area contributed by atoms with Crippen LogP contribution >= 0.6 is 0 Å². The number of hydrogen-bond donors (Lipinski definition) is 2. The number of phenols is 1. The number of anilines is 1. The standard InChI is InChI=1S/C16H15FN2O4S/c17-14-7-12(6-11-4-2-1-3-5-11)8-15(21)16(14)19-9-13(10-20)18-24(19,22)23/h1-5,7-8,10,13,18,21H,6,9H2. The molecule has 0 saturated carbocycles. The number of rotatable bonds is 4. The fraction of sp³-hybridized carbons (Fsp3) is 0.188. The minimum atomic E-state index is -4.07. The van der Waals surface area contributed by atoms with Crippen molar-refractivity contribution in [2.24, 2.45) is 0 Å². The number of aromatic hydroxyl groups is 1. The third-order valence-corrected chi connectivity index (χ3v) is 5.23. The average Bonchev–Trinajstić information content (AvgIpc) is 2.83. The molecule has 3 rings (SSSR count). The molecular weight excluding hydrogens is 335 g/mol. The van der Waals surface area contributed by atoms with E-state index in [9.17, 15) is 22.7 Å². The molecule has 2 aromatic carbocycles. The fourth-order valence-corrected chi connectivity index (χ4v) is 4.09. The van der Waals surface area contributed by atoms with E-state index in [-0.39, 0.29) is 6.54 Å². The third-order valence-electron chi connectivity index (χ3n) is 3.72. The fourth-order valence-electron chi connectivity index (χ4n) is 2.67. The SMILES string of the molecule is O=CC1CN(c2c(O)cc(Cc3ccccc3)cc2F)S(=O)(=O)N1. The lowest BCUT2D eigenvalue weighted by Gasteiger charge is -2.18. The van der Waals surface area contributed by atoms with Crippen LogP contribution < -0.4 is 9.03 Å². The molecule has 1 atom stereocenters. The van der Waals surface area contributed by atoms with Gasteiger partial charge in [0.25, 0.3) is 0 Å². The van der Waals surface area contributed by atoms with E-state index in [0.717, 1.165) is 5.56 Å². The summed E-state index contributed by atoms with van der Waals surface area (Å²) in [7, 11) is -4.07. The molecule has 0 bridgehead atoms. The summed E-state index contributed by atoms with van der Waals surface area (Å²) in [5, 5.41) is 10.1. The molecule has 0 amide bonds. The lowest BCUT2D eigenvalue weighted by molar-refractivity contribution is -0.108. The zero-order valence-electron chi connectivity index (χ0n) is 12.5. The highest BCUT2D eigenvalue weighted by Gasteiger charge is 2.38. The van der Waals surface area contributed by atoms with Crippen LogP contribution in [0.25, 0.3) is 0 Å². The predicted molar refractivity (Wildman–Crippen MR) is 86.6 cm³/mol. The number of phenolic OH excluding ortho intramolecular Hbond substituents is 1. The molecule has 0 spiro atoms. The molecule has 24 heavy (non-hydrogen) atoms. The maximum atomic E-state index is 14.5. The first-order valence-electron chi connectivity index (χ1n) is 7.21. The van der Waals surface area contributed by atoms with Crippen molar-refractivity contribution in [2.45, 2.75) is 12.5 Å². The van der Waals surface area contributed by atoms with Crippen LogP contribution in [0.4, 0.5) is 10.1 Å². The molecule has 1 unspecified atom stereocenters. The summed E-state index contributed by atoms with van der Waals surface area (Å²) in [5.41, 5.74) is 0.987. The van der Waals surface area contributed by atoms with E-state index >= 15 is 0 Å². The second-order valence-electron chi connectivity index (χ2n) is 5.50. The Morgan fingerprint density at radius 2 is 1.96 bits per heavy atom. The highest BCUT2D eigenvalue weighted by Crippen LogP contribution is 2.35. The summed E-state index contributed by atoms with van der Waals surface area (Å²) < 4.78 is 41.2. The Bertz CT molecular complexity index is 848. The van der Waals surface area contributed by atoms with E-state index in [1.807, 2.05) is 30.3 Å². The van der Waals surface area contributed by atoms with Crippen LogP contribution in [0.3, 0.4) is 0 Å². The number of nitrogens with one attached hydrogen (secondary N) is 1. The molecule has 1 aliphatic rings. The van der Waals surface area contributed by atoms with Gasteiger partial charge in [0.1, 0.15) is 17.7 Å². The van der Waals surface area contributed by atoms with E-state index in [2.05, 4.69) is 4.72 Å². The minimum absolute atomic E-state index is 0.269. The third kappa shape index (κ3) is 3.10. The van der Waals surface area contributed by atoms with Gasteiger partial charge in [0, 0.05) is 0 Å². The van der Waals surface area contributed by atoms with Crippen LogP contribution in [-0.2, 0) is 21.4 Å². The zero-order valence-corrected chi connectivity index (χ0v) is 13.3. The van der Waals surface area contributed by atoms with E-state index < -0.39 is 33.5 Å². The van der Waals surface area contributed by atoms with Crippen molar-refractivity contribution in [1.82, 2.24) is 4.72 Å². The van der Waals surface area contributed by atoms with E-state index in [4.69, 9.17) is 0 Å². The minimum Gasteiger partial charge on any atom is -0.506 e. The molecule has 1 aliphatic heterocycles. The maximum absolute atomic E-state index is 14.5. The molecule has 0 radical (unpaired) electrons. The number of halogens is 1. The molecule has 0 aromatic heterocycles. The highest BCUT2D eigenvalue weighted by molar-refractivity contribution is 7.91. The number of benzene rings is 2. The van der Waals surface area contributed by atoms with Crippen molar-refractivity contribution in [2.75, 3.05) is 10.8 Å². The number of hydrogen-bond acceptors (Lipinski definition) is 4. The van der Waals surface area contributed by atoms with Crippen molar-refractivity contribution >= 4 is 22.2 Å². The number of nitrogens with zero attached hydrogens (tertiary/aromatic N) is 1. The molecule has 2 aromatic rings. The topological polar surface area (TPSA) is 86.7 Å². The van der Waals surface area contributed by atoms with Crippen LogP contribution in [0.1, 0.15) is 11.1 Å². The average molecular weight is 350 g/mol. The van der Waals surface area contributed by atoms with Crippen LogP contribution in [0.15, 0.2) is 42.5 Å². The summed E-state index contributed by atoms with van der Waals surface area (Å²) in [5.74, 6) is -1.35. The molecule has 8 heteroatoms. The second kappa shape index (κ2) is 6.21. The Kier molecular flexibility index (Phi) is 4.25. The monoisotopic (exact) mass is 350 g/mol. The summed E-state index contributed by atoms with van der Waals surface area (Å²) in [4.78, 5) is 10.8. The molecular formula is C16H15FN2O4S. The number of carbonyl (C=O) groups is 1. The quantitative estimate of drug-likeness (QED) is 0.815. The van der Waals surface area contributed by atoms with E-state index in [1.165, 1.54) is 12.1 Å². The van der Waals surface area contributed by atoms with Gasteiger partial charge in [-0.15, -0.1) is 0 Å². The summed E-state index contributed by atoms with van der Waals surface area (Å²) in [6.45, 7) is -0.269. The van der Waals surface area contributed by atoms with Gasteiger partial charge in [0.2, 0.25) is 0 Å². The predicted octanol–water partition coefficient (Wildman–Crippen LogP) is 1.34. The van der Waals surface area contributed by atoms with Gasteiger partial charge in [-0.2, -0.15) is 13.1 Å². The Morgan fingerprint density at radius 3 is 2.54 bits per heavy atom. The Morgan fingerprint density at radius 1 is 1.25 bits per heavy atom. The molecule has 1 saturated heterocycles. The molecule has 1 fully saturated rings. The first kappa shape index (κ1) is 16.4. The Hall–Kier alpha value is -2.45. The van der Waals surface area contributed by atoms with Gasteiger partial charge in [-0.05, 0) is 29.7 Å². The van der Waals surface area contributed by atoms with Crippen molar-refractivity contribution < 1.29 is 22.7 Å².